The summed E-state index contributed by atoms with van der Waals surface area (Å²) in [6.45, 7) is 0. The summed E-state index contributed by atoms with van der Waals surface area (Å²) < 4.78 is 35.1. The molecule has 2 aliphatic heterocycles. The first-order valence-corrected chi connectivity index (χ1v) is 12.7. The third kappa shape index (κ3) is 4.29. The first-order chi connectivity index (χ1) is 15.2. The van der Waals surface area contributed by atoms with Crippen molar-refractivity contribution in [3.05, 3.63) is 48.0 Å². The van der Waals surface area contributed by atoms with E-state index in [0.29, 0.717) is 22.2 Å². The molecule has 2 atom stereocenters. The van der Waals surface area contributed by atoms with E-state index in [-0.39, 0.29) is 22.8 Å². The lowest BCUT2D eigenvalue weighted by Gasteiger charge is -2.25. The van der Waals surface area contributed by atoms with E-state index in [1.54, 1.807) is 18.2 Å². The maximum absolute atomic E-state index is 13.0. The molecule has 0 unspecified atom stereocenters. The van der Waals surface area contributed by atoms with E-state index in [4.69, 9.17) is 9.47 Å². The summed E-state index contributed by atoms with van der Waals surface area (Å²) in [7, 11) is 3.81. The molecule has 4 rings (SSSR count). The number of hydrogen-bond acceptors (Lipinski definition) is 7. The molecule has 2 fully saturated rings. The second-order valence-corrected chi connectivity index (χ2v) is 11.2. The van der Waals surface area contributed by atoms with Gasteiger partial charge in [-0.05, 0) is 42.5 Å². The number of anilines is 2. The van der Waals surface area contributed by atoms with Crippen molar-refractivity contribution in [1.29, 1.82) is 0 Å². The van der Waals surface area contributed by atoms with Gasteiger partial charge in [0.25, 0.3) is 5.91 Å². The summed E-state index contributed by atoms with van der Waals surface area (Å²) in [5.41, 5.74) is 2.20. The second-order valence-electron chi connectivity index (χ2n) is 7.85. The molecule has 8 nitrogen and oxygen atoms in total. The van der Waals surface area contributed by atoms with Gasteiger partial charge in [0.1, 0.15) is 0 Å². The molecule has 2 saturated heterocycles. The third-order valence-corrected chi connectivity index (χ3v) is 8.75. The van der Waals surface area contributed by atoms with Crippen LogP contribution in [0.2, 0.25) is 0 Å². The third-order valence-electron chi connectivity index (χ3n) is 5.54. The second kappa shape index (κ2) is 8.67. The predicted molar refractivity (Wildman–Crippen MR) is 128 cm³/mol. The van der Waals surface area contributed by atoms with Crippen LogP contribution in [0.15, 0.2) is 47.5 Å². The van der Waals surface area contributed by atoms with E-state index >= 15 is 0 Å². The van der Waals surface area contributed by atoms with Gasteiger partial charge in [0.05, 0.1) is 31.8 Å². The number of carbonyl (C=O) groups is 1. The average molecular weight is 476 g/mol. The van der Waals surface area contributed by atoms with Gasteiger partial charge in [0, 0.05) is 36.3 Å². The zero-order valence-electron chi connectivity index (χ0n) is 18.3. The highest BCUT2D eigenvalue weighted by Gasteiger charge is 2.49. The van der Waals surface area contributed by atoms with Crippen molar-refractivity contribution < 1.29 is 22.7 Å². The number of hydrogen-bond donors (Lipinski definition) is 0. The number of aliphatic imine (C=N–C) groups is 1. The molecule has 0 N–H and O–H groups in total. The lowest BCUT2D eigenvalue weighted by Crippen LogP contribution is -2.37. The molecule has 1 amide bonds. The highest BCUT2D eigenvalue weighted by atomic mass is 32.2. The molecular weight excluding hydrogens is 450 g/mol. The highest BCUT2D eigenvalue weighted by Crippen LogP contribution is 2.41. The Bertz CT molecular complexity index is 1160. The summed E-state index contributed by atoms with van der Waals surface area (Å²) in [6, 6.07) is 12.4. The van der Waals surface area contributed by atoms with E-state index in [2.05, 4.69) is 4.99 Å². The minimum Gasteiger partial charge on any atom is -0.493 e. The number of amides is 1. The molecule has 32 heavy (non-hydrogen) atoms. The molecule has 0 radical (unpaired) electrons. The van der Waals surface area contributed by atoms with E-state index < -0.39 is 15.7 Å². The first kappa shape index (κ1) is 22.5. The van der Waals surface area contributed by atoms with Crippen LogP contribution in [0.5, 0.6) is 11.5 Å². The average Bonchev–Trinajstić information content (AvgIpc) is 3.23. The molecule has 0 saturated carbocycles. The normalized spacial score (nSPS) is 22.6. The quantitative estimate of drug-likeness (QED) is 0.652. The highest BCUT2D eigenvalue weighted by molar-refractivity contribution is 8.16. The molecule has 0 spiro atoms. The van der Waals surface area contributed by atoms with Gasteiger partial charge in [0.2, 0.25) is 0 Å². The lowest BCUT2D eigenvalue weighted by atomic mass is 10.2. The maximum atomic E-state index is 13.0. The topological polar surface area (TPSA) is 88.5 Å². The maximum Gasteiger partial charge on any atom is 0.279 e. The van der Waals surface area contributed by atoms with Crippen LogP contribution in [0.1, 0.15) is 10.4 Å². The number of methoxy groups -OCH3 is 2. The number of rotatable bonds is 5. The number of fused-ring (bicyclic) bond motifs is 1. The minimum atomic E-state index is -3.13. The summed E-state index contributed by atoms with van der Waals surface area (Å²) in [5.74, 6) is 0.666. The molecule has 2 aromatic carbocycles. The van der Waals surface area contributed by atoms with Crippen molar-refractivity contribution in [3.63, 3.8) is 0 Å². The molecule has 0 aliphatic carbocycles. The van der Waals surface area contributed by atoms with E-state index in [0.717, 1.165) is 11.4 Å². The van der Waals surface area contributed by atoms with Gasteiger partial charge in [-0.2, -0.15) is 4.99 Å². The van der Waals surface area contributed by atoms with Gasteiger partial charge in [-0.15, -0.1) is 0 Å². The van der Waals surface area contributed by atoms with Crippen LogP contribution in [-0.4, -0.2) is 70.6 Å². The largest absolute Gasteiger partial charge is 0.493 e. The molecule has 0 bridgehead atoms. The fourth-order valence-corrected chi connectivity index (χ4v) is 7.81. The Morgan fingerprint density at radius 1 is 1.06 bits per heavy atom. The van der Waals surface area contributed by atoms with Crippen molar-refractivity contribution in [1.82, 2.24) is 0 Å². The molecule has 2 heterocycles. The van der Waals surface area contributed by atoms with Gasteiger partial charge >= 0.3 is 0 Å². The predicted octanol–water partition coefficient (Wildman–Crippen LogP) is 2.69. The van der Waals surface area contributed by atoms with Crippen LogP contribution in [0, 0.1) is 0 Å². The minimum absolute atomic E-state index is 0.0453. The van der Waals surface area contributed by atoms with Gasteiger partial charge in [0.15, 0.2) is 26.5 Å². The number of amidine groups is 1. The Balaban J connectivity index is 1.70. The van der Waals surface area contributed by atoms with Crippen LogP contribution in [-0.2, 0) is 9.84 Å². The zero-order valence-corrected chi connectivity index (χ0v) is 19.9. The van der Waals surface area contributed by atoms with Gasteiger partial charge in [-0.3, -0.25) is 4.79 Å². The van der Waals surface area contributed by atoms with Gasteiger partial charge < -0.3 is 19.3 Å². The lowest BCUT2D eigenvalue weighted by molar-refractivity contribution is 0.100. The fraction of sp³-hybridized carbons (Fsp3) is 0.364. The van der Waals surface area contributed by atoms with Crippen molar-refractivity contribution in [3.8, 4) is 11.5 Å². The molecule has 0 aromatic heterocycles. The van der Waals surface area contributed by atoms with Crippen LogP contribution >= 0.6 is 11.8 Å². The Hall–Kier alpha value is -2.72. The fourth-order valence-electron chi connectivity index (χ4n) is 3.90. The Kier molecular flexibility index (Phi) is 6.09. The smallest absolute Gasteiger partial charge is 0.279 e. The van der Waals surface area contributed by atoms with Crippen molar-refractivity contribution >= 4 is 44.0 Å². The number of nitrogens with zero attached hydrogens (tertiary/aromatic N) is 3. The number of thioether (sulfide) groups is 1. The zero-order chi connectivity index (χ0) is 23.0. The van der Waals surface area contributed by atoms with Crippen LogP contribution < -0.4 is 19.3 Å². The van der Waals surface area contributed by atoms with Crippen molar-refractivity contribution in [2.45, 2.75) is 11.3 Å². The SMILES string of the molecule is COc1ccc(C(=O)N=C2S[C@@H]3CS(=O)(=O)C[C@@H]3N2c2ccc(N(C)C)cc2)cc1OC. The van der Waals surface area contributed by atoms with E-state index in [1.807, 2.05) is 48.2 Å². The number of benzene rings is 2. The summed E-state index contributed by atoms with van der Waals surface area (Å²) in [6.07, 6.45) is 0. The summed E-state index contributed by atoms with van der Waals surface area (Å²) in [5, 5.41) is 0.345. The monoisotopic (exact) mass is 475 g/mol. The Morgan fingerprint density at radius 3 is 2.38 bits per heavy atom. The molecule has 2 aliphatic rings. The van der Waals surface area contributed by atoms with Crippen LogP contribution in [0.3, 0.4) is 0 Å². The summed E-state index contributed by atoms with van der Waals surface area (Å²) in [4.78, 5) is 21.2. The van der Waals surface area contributed by atoms with Crippen LogP contribution in [0.4, 0.5) is 11.4 Å². The number of ether oxygens (including phenoxy) is 2. The Morgan fingerprint density at radius 2 is 1.75 bits per heavy atom. The van der Waals surface area contributed by atoms with E-state index in [9.17, 15) is 13.2 Å². The van der Waals surface area contributed by atoms with Crippen LogP contribution in [0.25, 0.3) is 0 Å². The molecule has 2 aromatic rings. The Labute approximate surface area is 192 Å². The number of carbonyl (C=O) groups excluding carboxylic acids is 1. The standard InChI is InChI=1S/C22H25N3O5S2/c1-24(2)15-6-8-16(9-7-15)25-17-12-32(27,28)13-20(17)31-22(25)23-21(26)14-5-10-18(29-3)19(11-14)30-4/h5-11,17,20H,12-13H2,1-4H3/t17-,20+/m0/s1. The van der Waals surface area contributed by atoms with Crippen molar-refractivity contribution in [2.75, 3.05) is 49.6 Å². The molecular formula is C22H25N3O5S2. The molecule has 10 heteroatoms. The first-order valence-electron chi connectivity index (χ1n) is 10.0. The van der Waals surface area contributed by atoms with Gasteiger partial charge in [-0.25, -0.2) is 8.42 Å². The van der Waals surface area contributed by atoms with Gasteiger partial charge in [-0.1, -0.05) is 11.8 Å². The van der Waals surface area contributed by atoms with Crippen molar-refractivity contribution in [2.24, 2.45) is 4.99 Å². The number of sulfone groups is 1. The van der Waals surface area contributed by atoms with E-state index in [1.165, 1.54) is 26.0 Å². The molecule has 170 valence electrons. The summed E-state index contributed by atoms with van der Waals surface area (Å²) >= 11 is 1.35.